The normalized spacial score (nSPS) is 17.2. The van der Waals surface area contributed by atoms with Crippen LogP contribution in [0.15, 0.2) is 61.2 Å². The number of hydrogen-bond donors (Lipinski definition) is 1. The molecule has 1 aliphatic heterocycles. The Kier molecular flexibility index (Phi) is 3.76. The molecule has 0 bridgehead atoms. The maximum Gasteiger partial charge on any atom is 0.137 e. The lowest BCUT2D eigenvalue weighted by atomic mass is 9.83. The third-order valence-electron chi connectivity index (χ3n) is 5.40. The first-order valence-electron chi connectivity index (χ1n) is 9.04. The Morgan fingerprint density at radius 2 is 2.07 bits per heavy atom. The molecule has 2 aromatic heterocycles. The summed E-state index contributed by atoms with van der Waals surface area (Å²) in [7, 11) is 2.04. The third kappa shape index (κ3) is 2.71. The van der Waals surface area contributed by atoms with Crippen molar-refractivity contribution < 1.29 is 4.39 Å². The van der Waals surface area contributed by atoms with Gasteiger partial charge in [-0.15, -0.1) is 0 Å². The lowest BCUT2D eigenvalue weighted by molar-refractivity contribution is 0.289. The number of likely N-dealkylation sites (N-methyl/N-ethyl adjacent to an activating group) is 1. The van der Waals surface area contributed by atoms with Crippen molar-refractivity contribution in [2.24, 2.45) is 0 Å². The maximum atomic E-state index is 15.4. The number of aromatic amines is 1. The van der Waals surface area contributed by atoms with E-state index in [-0.39, 0.29) is 11.7 Å². The fourth-order valence-electron chi connectivity index (χ4n) is 4.07. The van der Waals surface area contributed by atoms with Gasteiger partial charge in [-0.3, -0.25) is 9.97 Å². The minimum absolute atomic E-state index is 0.136. The van der Waals surface area contributed by atoms with Crippen molar-refractivity contribution in [1.82, 2.24) is 19.9 Å². The summed E-state index contributed by atoms with van der Waals surface area (Å²) >= 11 is 0. The van der Waals surface area contributed by atoms with Gasteiger partial charge in [0.25, 0.3) is 0 Å². The van der Waals surface area contributed by atoms with E-state index in [4.69, 9.17) is 0 Å². The number of benzene rings is 2. The summed E-state index contributed by atoms with van der Waals surface area (Å²) in [4.78, 5) is 13.8. The molecular formula is C22H19FN4. The van der Waals surface area contributed by atoms with Gasteiger partial charge in [-0.05, 0) is 41.8 Å². The molecule has 0 radical (unpaired) electrons. The molecule has 3 heterocycles. The van der Waals surface area contributed by atoms with Gasteiger partial charge >= 0.3 is 0 Å². The molecule has 1 unspecified atom stereocenters. The van der Waals surface area contributed by atoms with Crippen LogP contribution in [0.2, 0.25) is 0 Å². The zero-order valence-electron chi connectivity index (χ0n) is 15.0. The number of nitrogens with one attached hydrogen (secondary N) is 1. The number of rotatable bonds is 2. The Morgan fingerprint density at radius 3 is 2.93 bits per heavy atom. The molecule has 2 aromatic carbocycles. The van der Waals surface area contributed by atoms with Gasteiger partial charge in [-0.2, -0.15) is 0 Å². The Morgan fingerprint density at radius 1 is 1.15 bits per heavy atom. The van der Waals surface area contributed by atoms with Gasteiger partial charge in [-0.25, -0.2) is 4.39 Å². The number of halogens is 1. The molecule has 27 heavy (non-hydrogen) atoms. The summed E-state index contributed by atoms with van der Waals surface area (Å²) in [5.41, 5.74) is 5.20. The Labute approximate surface area is 156 Å². The van der Waals surface area contributed by atoms with E-state index in [0.717, 1.165) is 23.2 Å². The third-order valence-corrected chi connectivity index (χ3v) is 5.40. The van der Waals surface area contributed by atoms with Crippen molar-refractivity contribution in [3.05, 3.63) is 83.7 Å². The first kappa shape index (κ1) is 16.1. The van der Waals surface area contributed by atoms with Crippen molar-refractivity contribution in [3.8, 4) is 11.3 Å². The fraction of sp³-hybridized carbons (Fsp3) is 0.182. The van der Waals surface area contributed by atoms with E-state index in [1.165, 1.54) is 10.9 Å². The molecule has 134 valence electrons. The van der Waals surface area contributed by atoms with Gasteiger partial charge in [0.15, 0.2) is 0 Å². The van der Waals surface area contributed by atoms with Crippen molar-refractivity contribution in [2.75, 3.05) is 13.6 Å². The minimum atomic E-state index is -0.189. The summed E-state index contributed by atoms with van der Waals surface area (Å²) in [5.74, 6) is -0.0534. The van der Waals surface area contributed by atoms with Crippen LogP contribution in [0, 0.1) is 5.82 Å². The SMILES string of the molecule is CN1Cc2c(ccc(-c3cnccn3)c2F)C(c2ccc3cc[nH]c3c2)C1. The number of hydrogen-bond acceptors (Lipinski definition) is 3. The summed E-state index contributed by atoms with van der Waals surface area (Å²) < 4.78 is 15.4. The monoisotopic (exact) mass is 358 g/mol. The molecule has 1 aliphatic rings. The highest BCUT2D eigenvalue weighted by Crippen LogP contribution is 2.37. The molecule has 0 amide bonds. The largest absolute Gasteiger partial charge is 0.361 e. The Hall–Kier alpha value is -3.05. The minimum Gasteiger partial charge on any atom is -0.361 e. The quantitative estimate of drug-likeness (QED) is 0.580. The van der Waals surface area contributed by atoms with Crippen LogP contribution >= 0.6 is 0 Å². The van der Waals surface area contributed by atoms with Gasteiger partial charge in [0, 0.05) is 54.2 Å². The molecule has 0 aliphatic carbocycles. The lowest BCUT2D eigenvalue weighted by Crippen LogP contribution is -2.31. The van der Waals surface area contributed by atoms with Crippen molar-refractivity contribution in [3.63, 3.8) is 0 Å². The van der Waals surface area contributed by atoms with Crippen molar-refractivity contribution in [1.29, 1.82) is 0 Å². The molecule has 5 heteroatoms. The maximum absolute atomic E-state index is 15.4. The highest BCUT2D eigenvalue weighted by molar-refractivity contribution is 5.80. The van der Waals surface area contributed by atoms with Gasteiger partial charge in [0.1, 0.15) is 5.82 Å². The average molecular weight is 358 g/mol. The van der Waals surface area contributed by atoms with E-state index < -0.39 is 0 Å². The van der Waals surface area contributed by atoms with Crippen molar-refractivity contribution in [2.45, 2.75) is 12.5 Å². The second kappa shape index (κ2) is 6.28. The first-order chi connectivity index (χ1) is 13.2. The highest BCUT2D eigenvalue weighted by Gasteiger charge is 2.28. The van der Waals surface area contributed by atoms with Crippen LogP contribution < -0.4 is 0 Å². The second-order valence-electron chi connectivity index (χ2n) is 7.16. The number of nitrogens with zero attached hydrogens (tertiary/aromatic N) is 3. The second-order valence-corrected chi connectivity index (χ2v) is 7.16. The fourth-order valence-corrected chi connectivity index (χ4v) is 4.07. The molecule has 1 N–H and O–H groups in total. The number of aromatic nitrogens is 3. The molecular weight excluding hydrogens is 339 g/mol. The molecule has 0 fully saturated rings. The predicted octanol–water partition coefficient (Wildman–Crippen LogP) is 4.34. The summed E-state index contributed by atoms with van der Waals surface area (Å²) in [6, 6.07) is 12.4. The van der Waals surface area contributed by atoms with E-state index in [1.54, 1.807) is 18.6 Å². The van der Waals surface area contributed by atoms with Gasteiger partial charge in [0.05, 0.1) is 11.9 Å². The molecule has 1 atom stereocenters. The van der Waals surface area contributed by atoms with Crippen molar-refractivity contribution >= 4 is 10.9 Å². The smallest absolute Gasteiger partial charge is 0.137 e. The van der Waals surface area contributed by atoms with E-state index in [0.29, 0.717) is 17.8 Å². The lowest BCUT2D eigenvalue weighted by Gasteiger charge is -2.33. The van der Waals surface area contributed by atoms with E-state index in [9.17, 15) is 0 Å². The van der Waals surface area contributed by atoms with E-state index >= 15 is 4.39 Å². The molecule has 0 spiro atoms. The molecule has 4 aromatic rings. The highest BCUT2D eigenvalue weighted by atomic mass is 19.1. The topological polar surface area (TPSA) is 44.8 Å². The summed E-state index contributed by atoms with van der Waals surface area (Å²) in [6.45, 7) is 1.46. The molecule has 0 saturated heterocycles. The predicted molar refractivity (Wildman–Crippen MR) is 104 cm³/mol. The molecule has 4 nitrogen and oxygen atoms in total. The van der Waals surface area contributed by atoms with Crippen LogP contribution in [0.3, 0.4) is 0 Å². The number of fused-ring (bicyclic) bond motifs is 2. The van der Waals surface area contributed by atoms with Gasteiger partial charge < -0.3 is 9.88 Å². The zero-order valence-corrected chi connectivity index (χ0v) is 15.0. The Balaban J connectivity index is 1.64. The van der Waals surface area contributed by atoms with E-state index in [1.807, 2.05) is 19.3 Å². The summed E-state index contributed by atoms with van der Waals surface area (Å²) in [5, 5.41) is 1.19. The van der Waals surface area contributed by atoms with Crippen LogP contribution in [-0.2, 0) is 6.54 Å². The number of H-pyrrole nitrogens is 1. The van der Waals surface area contributed by atoms with Gasteiger partial charge in [0.2, 0.25) is 0 Å². The standard InChI is InChI=1S/C22H19FN4/c1-27-12-18(15-3-2-14-6-7-25-20(14)10-15)16-4-5-17(22(23)19(16)13-27)21-11-24-8-9-26-21/h2-11,18,25H,12-13H2,1H3. The van der Waals surface area contributed by atoms with Crippen LogP contribution in [0.1, 0.15) is 22.6 Å². The average Bonchev–Trinajstić information content (AvgIpc) is 3.17. The Bertz CT molecular complexity index is 1120. The molecule has 0 saturated carbocycles. The van der Waals surface area contributed by atoms with E-state index in [2.05, 4.69) is 50.2 Å². The van der Waals surface area contributed by atoms with Crippen LogP contribution in [0.25, 0.3) is 22.2 Å². The van der Waals surface area contributed by atoms with Crippen LogP contribution in [0.5, 0.6) is 0 Å². The van der Waals surface area contributed by atoms with Crippen LogP contribution in [-0.4, -0.2) is 33.4 Å². The van der Waals surface area contributed by atoms with Crippen LogP contribution in [0.4, 0.5) is 4.39 Å². The summed E-state index contributed by atoms with van der Waals surface area (Å²) in [6.07, 6.45) is 6.74. The van der Waals surface area contributed by atoms with Gasteiger partial charge in [-0.1, -0.05) is 18.2 Å². The molecule has 5 rings (SSSR count). The zero-order chi connectivity index (χ0) is 18.4. The first-order valence-corrected chi connectivity index (χ1v) is 9.04.